The van der Waals surface area contributed by atoms with Crippen molar-refractivity contribution in [2.45, 2.75) is 83.6 Å². The summed E-state index contributed by atoms with van der Waals surface area (Å²) in [5.74, 6) is -2.51. The SMILES string of the molecule is O=C(O)/C=C/C(=O)O.c1ccc(CN2CCN(CCCON=C3CCCCCCCCCCC3)CC2)cc1. The predicted molar refractivity (Wildman–Crippen MR) is 151 cm³/mol. The number of rotatable bonds is 9. The molecule has 2 fully saturated rings. The number of aliphatic carboxylic acids is 2. The Balaban J connectivity index is 0.000000550. The van der Waals surface area contributed by atoms with Crippen LogP contribution in [0.25, 0.3) is 0 Å². The van der Waals surface area contributed by atoms with E-state index in [9.17, 15) is 9.59 Å². The molecular formula is C30H47N3O5. The molecule has 1 heterocycles. The molecule has 0 radical (unpaired) electrons. The van der Waals surface area contributed by atoms with E-state index in [2.05, 4.69) is 45.3 Å². The summed E-state index contributed by atoms with van der Waals surface area (Å²) in [7, 11) is 0. The van der Waals surface area contributed by atoms with Gasteiger partial charge in [0, 0.05) is 51.4 Å². The van der Waals surface area contributed by atoms with Gasteiger partial charge in [0.2, 0.25) is 0 Å². The van der Waals surface area contributed by atoms with Crippen LogP contribution < -0.4 is 0 Å². The second-order valence-corrected chi connectivity index (χ2v) is 10.1. The van der Waals surface area contributed by atoms with Gasteiger partial charge in [-0.05, 0) is 37.7 Å². The minimum Gasteiger partial charge on any atom is -0.478 e. The van der Waals surface area contributed by atoms with E-state index < -0.39 is 11.9 Å². The first-order valence-corrected chi connectivity index (χ1v) is 14.3. The standard InChI is InChI=1S/C26H43N3O.C4H4O4/c1-2-4-6-11-16-26(17-12-7-5-3-1)27-30-23-13-18-28-19-21-29(22-20-28)24-25-14-9-8-10-15-25;5-3(6)1-2-4(7)8/h8-10,14-15H,1-7,11-13,16-24H2;1-2H,(H,5,6)(H,7,8)/b;2-1+. The van der Waals surface area contributed by atoms with Crippen LogP contribution in [0, 0.1) is 0 Å². The lowest BCUT2D eigenvalue weighted by Crippen LogP contribution is -2.46. The van der Waals surface area contributed by atoms with Crippen LogP contribution in [0.5, 0.6) is 0 Å². The van der Waals surface area contributed by atoms with E-state index in [0.29, 0.717) is 12.2 Å². The van der Waals surface area contributed by atoms with Gasteiger partial charge in [-0.25, -0.2) is 9.59 Å². The highest BCUT2D eigenvalue weighted by atomic mass is 16.6. The molecule has 0 aromatic heterocycles. The molecule has 1 saturated heterocycles. The van der Waals surface area contributed by atoms with Gasteiger partial charge >= 0.3 is 11.9 Å². The van der Waals surface area contributed by atoms with Crippen molar-refractivity contribution >= 4 is 17.7 Å². The molecule has 212 valence electrons. The molecule has 0 bridgehead atoms. The van der Waals surface area contributed by atoms with Crippen molar-refractivity contribution in [2.24, 2.45) is 5.16 Å². The van der Waals surface area contributed by atoms with Gasteiger partial charge in [0.1, 0.15) is 6.61 Å². The predicted octanol–water partition coefficient (Wildman–Crippen LogP) is 5.58. The van der Waals surface area contributed by atoms with E-state index in [1.165, 1.54) is 82.2 Å². The molecule has 38 heavy (non-hydrogen) atoms. The molecule has 0 atom stereocenters. The molecule has 3 rings (SSSR count). The Hall–Kier alpha value is -2.71. The Morgan fingerprint density at radius 2 is 1.26 bits per heavy atom. The monoisotopic (exact) mass is 529 g/mol. The first kappa shape index (κ1) is 31.5. The summed E-state index contributed by atoms with van der Waals surface area (Å²) in [5, 5.41) is 20.2. The number of carboxylic acid groups (broad SMARTS) is 2. The fourth-order valence-electron chi connectivity index (χ4n) is 4.76. The van der Waals surface area contributed by atoms with Crippen molar-refractivity contribution in [1.82, 2.24) is 9.80 Å². The van der Waals surface area contributed by atoms with Crippen molar-refractivity contribution in [3.63, 3.8) is 0 Å². The minimum absolute atomic E-state index is 0.558. The lowest BCUT2D eigenvalue weighted by Gasteiger charge is -2.34. The van der Waals surface area contributed by atoms with Gasteiger partial charge in [0.25, 0.3) is 0 Å². The number of hydrogen-bond acceptors (Lipinski definition) is 6. The van der Waals surface area contributed by atoms with Crippen molar-refractivity contribution < 1.29 is 24.6 Å². The molecule has 8 nitrogen and oxygen atoms in total. The zero-order chi connectivity index (χ0) is 27.3. The summed E-state index contributed by atoms with van der Waals surface area (Å²) >= 11 is 0. The highest BCUT2D eigenvalue weighted by molar-refractivity contribution is 5.89. The molecule has 0 amide bonds. The highest BCUT2D eigenvalue weighted by Crippen LogP contribution is 2.16. The first-order chi connectivity index (χ1) is 18.5. The summed E-state index contributed by atoms with van der Waals surface area (Å²) in [6.07, 6.45) is 16.8. The van der Waals surface area contributed by atoms with Crippen LogP contribution in [0.4, 0.5) is 0 Å². The van der Waals surface area contributed by atoms with Gasteiger partial charge in [-0.2, -0.15) is 0 Å². The molecule has 1 aromatic carbocycles. The van der Waals surface area contributed by atoms with Gasteiger partial charge in [0.05, 0.1) is 5.71 Å². The normalized spacial score (nSPS) is 18.5. The number of oxime groups is 1. The molecule has 1 aliphatic carbocycles. The van der Waals surface area contributed by atoms with Crippen LogP contribution in [-0.4, -0.2) is 77.0 Å². The average molecular weight is 530 g/mol. The van der Waals surface area contributed by atoms with Gasteiger partial charge in [-0.15, -0.1) is 0 Å². The molecule has 1 aliphatic heterocycles. The lowest BCUT2D eigenvalue weighted by atomic mass is 10.00. The van der Waals surface area contributed by atoms with Crippen molar-refractivity contribution in [1.29, 1.82) is 0 Å². The summed E-state index contributed by atoms with van der Waals surface area (Å²) in [5.41, 5.74) is 2.73. The Morgan fingerprint density at radius 1 is 0.763 bits per heavy atom. The lowest BCUT2D eigenvalue weighted by molar-refractivity contribution is -0.134. The molecule has 1 aromatic rings. The Morgan fingerprint density at radius 3 is 1.79 bits per heavy atom. The largest absolute Gasteiger partial charge is 0.478 e. The maximum Gasteiger partial charge on any atom is 0.328 e. The molecule has 2 aliphatic rings. The molecular weight excluding hydrogens is 482 g/mol. The zero-order valence-corrected chi connectivity index (χ0v) is 22.9. The fraction of sp³-hybridized carbons (Fsp3) is 0.633. The topological polar surface area (TPSA) is 103 Å². The number of hydrogen-bond donors (Lipinski definition) is 2. The maximum atomic E-state index is 9.55. The fourth-order valence-corrected chi connectivity index (χ4v) is 4.76. The van der Waals surface area contributed by atoms with Gasteiger partial charge < -0.3 is 20.0 Å². The number of carboxylic acids is 2. The Bertz CT molecular complexity index is 806. The summed E-state index contributed by atoms with van der Waals surface area (Å²) < 4.78 is 0. The molecule has 1 saturated carbocycles. The number of piperazine rings is 1. The number of nitrogens with zero attached hydrogens (tertiary/aromatic N) is 3. The summed E-state index contributed by atoms with van der Waals surface area (Å²) in [6.45, 7) is 7.63. The summed E-state index contributed by atoms with van der Waals surface area (Å²) in [6, 6.07) is 10.8. The molecule has 8 heteroatoms. The van der Waals surface area contributed by atoms with E-state index in [-0.39, 0.29) is 0 Å². The molecule has 2 N–H and O–H groups in total. The second kappa shape index (κ2) is 20.3. The van der Waals surface area contributed by atoms with Crippen LogP contribution >= 0.6 is 0 Å². The minimum atomic E-state index is -1.26. The van der Waals surface area contributed by atoms with E-state index in [4.69, 9.17) is 15.1 Å². The molecule has 0 spiro atoms. The third-order valence-corrected chi connectivity index (χ3v) is 6.92. The summed E-state index contributed by atoms with van der Waals surface area (Å²) in [4.78, 5) is 30.0. The van der Waals surface area contributed by atoms with Gasteiger partial charge in [0.15, 0.2) is 0 Å². The Kier molecular flexibility index (Phi) is 16.8. The van der Waals surface area contributed by atoms with Crippen molar-refractivity contribution in [2.75, 3.05) is 39.3 Å². The van der Waals surface area contributed by atoms with Crippen LogP contribution in [0.15, 0.2) is 47.6 Å². The number of carbonyl (C=O) groups is 2. The van der Waals surface area contributed by atoms with Crippen molar-refractivity contribution in [3.05, 3.63) is 48.0 Å². The van der Waals surface area contributed by atoms with Crippen LogP contribution in [0.3, 0.4) is 0 Å². The van der Waals surface area contributed by atoms with E-state index in [0.717, 1.165) is 52.0 Å². The third kappa shape index (κ3) is 16.2. The van der Waals surface area contributed by atoms with Crippen LogP contribution in [-0.2, 0) is 21.0 Å². The van der Waals surface area contributed by atoms with Gasteiger partial charge in [-0.1, -0.05) is 80.4 Å². The highest BCUT2D eigenvalue weighted by Gasteiger charge is 2.16. The van der Waals surface area contributed by atoms with E-state index >= 15 is 0 Å². The van der Waals surface area contributed by atoms with Crippen molar-refractivity contribution in [3.8, 4) is 0 Å². The van der Waals surface area contributed by atoms with E-state index in [1.54, 1.807) is 0 Å². The van der Waals surface area contributed by atoms with Crippen LogP contribution in [0.1, 0.15) is 82.6 Å². The second-order valence-electron chi connectivity index (χ2n) is 10.1. The smallest absolute Gasteiger partial charge is 0.328 e. The number of benzene rings is 1. The first-order valence-electron chi connectivity index (χ1n) is 14.3. The van der Waals surface area contributed by atoms with E-state index in [1.807, 2.05) is 0 Å². The quantitative estimate of drug-likeness (QED) is 0.244. The van der Waals surface area contributed by atoms with Crippen LogP contribution in [0.2, 0.25) is 0 Å². The Labute approximate surface area is 228 Å². The molecule has 0 unspecified atom stereocenters. The maximum absolute atomic E-state index is 9.55. The zero-order valence-electron chi connectivity index (χ0n) is 22.9. The third-order valence-electron chi connectivity index (χ3n) is 6.92. The van der Waals surface area contributed by atoms with Gasteiger partial charge in [-0.3, -0.25) is 4.90 Å². The average Bonchev–Trinajstić information content (AvgIpc) is 2.90.